The smallest absolute Gasteiger partial charge is 0.312 e. The Bertz CT molecular complexity index is 1000. The first-order valence-corrected chi connectivity index (χ1v) is 11.3. The van der Waals surface area contributed by atoms with E-state index in [-0.39, 0.29) is 17.5 Å². The standard InChI is InChI=1S/C22H29F2N7O2/c23-16-9-14(10-17(24)21(16)25)18-11-30(29-28-18)12-19-15(13-4-5-13)6-8-31(19)20(32)3-1-2-7-27-22(26)33/h9-11,13,15,19H,1-8,12,25H2,(H3,26,27,33). The summed E-state index contributed by atoms with van der Waals surface area (Å²) in [5.41, 5.74) is 10.5. The van der Waals surface area contributed by atoms with Crippen LogP contribution in [0, 0.1) is 23.5 Å². The zero-order valence-electron chi connectivity index (χ0n) is 18.3. The van der Waals surface area contributed by atoms with Crippen molar-refractivity contribution in [3.63, 3.8) is 0 Å². The van der Waals surface area contributed by atoms with Crippen molar-refractivity contribution >= 4 is 17.6 Å². The first-order valence-electron chi connectivity index (χ1n) is 11.3. The van der Waals surface area contributed by atoms with Gasteiger partial charge in [0.2, 0.25) is 5.91 Å². The Kier molecular flexibility index (Phi) is 6.75. The molecule has 1 saturated carbocycles. The number of urea groups is 1. The fourth-order valence-corrected chi connectivity index (χ4v) is 4.70. The van der Waals surface area contributed by atoms with Crippen LogP contribution in [-0.2, 0) is 11.3 Å². The van der Waals surface area contributed by atoms with Gasteiger partial charge in [-0.1, -0.05) is 5.21 Å². The number of aromatic nitrogens is 3. The summed E-state index contributed by atoms with van der Waals surface area (Å²) in [5, 5.41) is 10.7. The maximum Gasteiger partial charge on any atom is 0.312 e. The van der Waals surface area contributed by atoms with Crippen LogP contribution in [0.15, 0.2) is 18.3 Å². The highest BCUT2D eigenvalue weighted by Gasteiger charge is 2.44. The summed E-state index contributed by atoms with van der Waals surface area (Å²) in [4.78, 5) is 25.6. The molecule has 2 fully saturated rings. The van der Waals surface area contributed by atoms with Gasteiger partial charge in [-0.05, 0) is 56.1 Å². The summed E-state index contributed by atoms with van der Waals surface area (Å²) in [6.07, 6.45) is 6.70. The first kappa shape index (κ1) is 22.9. The van der Waals surface area contributed by atoms with E-state index in [4.69, 9.17) is 11.5 Å². The van der Waals surface area contributed by atoms with E-state index in [1.54, 1.807) is 10.9 Å². The van der Waals surface area contributed by atoms with E-state index in [0.717, 1.165) is 18.6 Å². The fourth-order valence-electron chi connectivity index (χ4n) is 4.70. The number of nitrogens with one attached hydrogen (secondary N) is 1. The summed E-state index contributed by atoms with van der Waals surface area (Å²) in [5.74, 6) is -0.565. The van der Waals surface area contributed by atoms with E-state index < -0.39 is 23.4 Å². The van der Waals surface area contributed by atoms with Gasteiger partial charge in [-0.2, -0.15) is 0 Å². The van der Waals surface area contributed by atoms with Crippen LogP contribution < -0.4 is 16.8 Å². The Balaban J connectivity index is 1.42. The fraction of sp³-hybridized carbons (Fsp3) is 0.545. The number of amides is 3. The van der Waals surface area contributed by atoms with Crippen molar-refractivity contribution < 1.29 is 18.4 Å². The number of nitrogens with zero attached hydrogens (tertiary/aromatic N) is 4. The molecule has 0 bridgehead atoms. The second kappa shape index (κ2) is 9.72. The second-order valence-corrected chi connectivity index (χ2v) is 8.87. The molecule has 2 heterocycles. The number of hydrogen-bond donors (Lipinski definition) is 3. The Morgan fingerprint density at radius 2 is 1.88 bits per heavy atom. The molecule has 178 valence electrons. The number of halogens is 2. The van der Waals surface area contributed by atoms with E-state index in [9.17, 15) is 18.4 Å². The highest BCUT2D eigenvalue weighted by Crippen LogP contribution is 2.45. The zero-order valence-corrected chi connectivity index (χ0v) is 18.3. The minimum Gasteiger partial charge on any atom is -0.394 e. The van der Waals surface area contributed by atoms with Crippen molar-refractivity contribution in [1.82, 2.24) is 25.2 Å². The van der Waals surface area contributed by atoms with E-state index >= 15 is 0 Å². The molecule has 0 spiro atoms. The summed E-state index contributed by atoms with van der Waals surface area (Å²) in [6.45, 7) is 1.63. The number of carbonyl (C=O) groups excluding carboxylic acids is 2. The minimum atomic E-state index is -0.841. The zero-order chi connectivity index (χ0) is 23.5. The molecule has 11 heteroatoms. The van der Waals surface area contributed by atoms with Crippen LogP contribution in [0.4, 0.5) is 19.3 Å². The molecule has 3 amide bonds. The average Bonchev–Trinajstić information content (AvgIpc) is 3.36. The lowest BCUT2D eigenvalue weighted by Crippen LogP contribution is -2.41. The molecule has 4 rings (SSSR count). The van der Waals surface area contributed by atoms with Gasteiger partial charge >= 0.3 is 6.03 Å². The molecule has 33 heavy (non-hydrogen) atoms. The van der Waals surface area contributed by atoms with Crippen molar-refractivity contribution in [1.29, 1.82) is 0 Å². The summed E-state index contributed by atoms with van der Waals surface area (Å²) >= 11 is 0. The number of nitrogen functional groups attached to an aromatic ring is 1. The van der Waals surface area contributed by atoms with Crippen LogP contribution in [0.5, 0.6) is 0 Å². The summed E-state index contributed by atoms with van der Waals surface area (Å²) < 4.78 is 29.3. The SMILES string of the molecule is NC(=O)NCCCCC(=O)N1CCC(C2CC2)C1Cn1cc(-c2cc(F)c(N)c(F)c2)nn1. The molecule has 2 aromatic rings. The van der Waals surface area contributed by atoms with Crippen LogP contribution in [0.1, 0.15) is 38.5 Å². The topological polar surface area (TPSA) is 132 Å². The van der Waals surface area contributed by atoms with Gasteiger partial charge in [-0.15, -0.1) is 5.10 Å². The van der Waals surface area contributed by atoms with Crippen LogP contribution in [0.2, 0.25) is 0 Å². The van der Waals surface area contributed by atoms with Gasteiger partial charge in [-0.3, -0.25) is 4.79 Å². The normalized spacial score (nSPS) is 20.2. The highest BCUT2D eigenvalue weighted by atomic mass is 19.1. The van der Waals surface area contributed by atoms with Crippen molar-refractivity contribution in [2.75, 3.05) is 18.8 Å². The number of nitrogens with two attached hydrogens (primary N) is 2. The molecule has 1 aliphatic carbocycles. The van der Waals surface area contributed by atoms with E-state index in [2.05, 4.69) is 15.6 Å². The molecule has 1 aromatic heterocycles. The van der Waals surface area contributed by atoms with Gasteiger partial charge in [0, 0.05) is 25.1 Å². The lowest BCUT2D eigenvalue weighted by atomic mass is 9.94. The van der Waals surface area contributed by atoms with E-state index in [1.807, 2.05) is 4.90 Å². The number of unbranched alkanes of at least 4 members (excludes halogenated alkanes) is 1. The Labute approximate surface area is 190 Å². The first-order chi connectivity index (χ1) is 15.8. The van der Waals surface area contributed by atoms with Crippen LogP contribution in [0.25, 0.3) is 11.3 Å². The molecule has 5 N–H and O–H groups in total. The molecular weight excluding hydrogens is 432 g/mol. The lowest BCUT2D eigenvalue weighted by Gasteiger charge is -2.28. The number of benzene rings is 1. The van der Waals surface area contributed by atoms with Crippen molar-refractivity contribution in [3.05, 3.63) is 30.0 Å². The number of primary amides is 1. The quantitative estimate of drug-likeness (QED) is 0.389. The number of hydrogen-bond acceptors (Lipinski definition) is 5. The third-order valence-electron chi connectivity index (χ3n) is 6.55. The minimum absolute atomic E-state index is 0.00295. The maximum atomic E-state index is 13.8. The van der Waals surface area contributed by atoms with E-state index in [0.29, 0.717) is 56.4 Å². The molecule has 2 atom stereocenters. The number of likely N-dealkylation sites (tertiary alicyclic amines) is 1. The Morgan fingerprint density at radius 3 is 2.55 bits per heavy atom. The van der Waals surface area contributed by atoms with Crippen LogP contribution in [0.3, 0.4) is 0 Å². The van der Waals surface area contributed by atoms with Gasteiger partial charge in [0.05, 0.1) is 18.8 Å². The monoisotopic (exact) mass is 461 g/mol. The number of anilines is 1. The molecule has 1 saturated heterocycles. The number of rotatable bonds is 9. The lowest BCUT2D eigenvalue weighted by molar-refractivity contribution is -0.132. The third-order valence-corrected chi connectivity index (χ3v) is 6.55. The molecule has 2 unspecified atom stereocenters. The molecule has 1 aromatic carbocycles. The van der Waals surface area contributed by atoms with Crippen LogP contribution >= 0.6 is 0 Å². The Morgan fingerprint density at radius 1 is 1.15 bits per heavy atom. The van der Waals surface area contributed by atoms with Gasteiger partial charge < -0.3 is 21.7 Å². The van der Waals surface area contributed by atoms with Gasteiger partial charge in [0.25, 0.3) is 0 Å². The molecule has 0 radical (unpaired) electrons. The van der Waals surface area contributed by atoms with Gasteiger partial charge in [0.15, 0.2) is 0 Å². The summed E-state index contributed by atoms with van der Waals surface area (Å²) in [7, 11) is 0. The highest BCUT2D eigenvalue weighted by molar-refractivity contribution is 5.77. The van der Waals surface area contributed by atoms with Crippen molar-refractivity contribution in [2.45, 2.75) is 51.1 Å². The van der Waals surface area contributed by atoms with Crippen molar-refractivity contribution in [2.24, 2.45) is 17.6 Å². The molecule has 1 aliphatic heterocycles. The maximum absolute atomic E-state index is 13.8. The largest absolute Gasteiger partial charge is 0.394 e. The Hall–Kier alpha value is -3.24. The van der Waals surface area contributed by atoms with Crippen LogP contribution in [-0.4, -0.2) is 51.0 Å². The number of carbonyl (C=O) groups is 2. The van der Waals surface area contributed by atoms with Gasteiger partial charge in [0.1, 0.15) is 23.0 Å². The predicted octanol–water partition coefficient (Wildman–Crippen LogP) is 2.27. The summed E-state index contributed by atoms with van der Waals surface area (Å²) in [6, 6.07) is 1.71. The molecular formula is C22H29F2N7O2. The second-order valence-electron chi connectivity index (χ2n) is 8.87. The molecule has 2 aliphatic rings. The van der Waals surface area contributed by atoms with Crippen molar-refractivity contribution in [3.8, 4) is 11.3 Å². The predicted molar refractivity (Wildman–Crippen MR) is 118 cm³/mol. The van der Waals surface area contributed by atoms with Gasteiger partial charge in [-0.25, -0.2) is 18.3 Å². The molecule has 9 nitrogen and oxygen atoms in total. The third kappa shape index (κ3) is 5.40. The van der Waals surface area contributed by atoms with E-state index in [1.165, 1.54) is 12.8 Å². The average molecular weight is 462 g/mol.